The third-order valence-corrected chi connectivity index (χ3v) is 3.87. The van der Waals surface area contributed by atoms with Gasteiger partial charge in [0.15, 0.2) is 0 Å². The van der Waals surface area contributed by atoms with Crippen LogP contribution in [-0.2, 0) is 16.2 Å². The normalized spacial score (nSPS) is 12.2. The predicted octanol–water partition coefficient (Wildman–Crippen LogP) is 2.80. The van der Waals surface area contributed by atoms with Crippen LogP contribution in [0, 0.1) is 6.92 Å². The van der Waals surface area contributed by atoms with Crippen LogP contribution >= 0.6 is 0 Å². The molecule has 1 heterocycles. The molecule has 2 aromatic rings. The molecule has 22 heavy (non-hydrogen) atoms. The van der Waals surface area contributed by atoms with E-state index in [-0.39, 0.29) is 10.6 Å². The summed E-state index contributed by atoms with van der Waals surface area (Å²) >= 11 is 0. The molecule has 3 N–H and O–H groups in total. The van der Waals surface area contributed by atoms with Gasteiger partial charge in [0.05, 0.1) is 11.3 Å². The molecule has 0 saturated carbocycles. The van der Waals surface area contributed by atoms with E-state index in [1.54, 1.807) is 0 Å². The van der Waals surface area contributed by atoms with Crippen molar-refractivity contribution in [1.29, 1.82) is 0 Å². The minimum atomic E-state index is -4.40. The summed E-state index contributed by atoms with van der Waals surface area (Å²) in [7, 11) is -3.86. The molecule has 0 atom stereocenters. The summed E-state index contributed by atoms with van der Waals surface area (Å²) in [6.45, 7) is 1.47. The molecule has 2 rings (SSSR count). The van der Waals surface area contributed by atoms with Crippen molar-refractivity contribution < 1.29 is 21.6 Å². The maximum absolute atomic E-state index is 12.5. The standard InChI is InChI=1S/C13H12F3N3O2S/c1-8-11(22(17,20)21)6-7-12(18-8)19-10-4-2-9(3-5-10)13(14,15)16/h2-7H,1H3,(H,18,19)(H2,17,20,21). The summed E-state index contributed by atoms with van der Waals surface area (Å²) < 4.78 is 59.9. The zero-order valence-electron chi connectivity index (χ0n) is 11.3. The average molecular weight is 331 g/mol. The molecule has 1 aromatic carbocycles. The minimum absolute atomic E-state index is 0.106. The zero-order valence-corrected chi connectivity index (χ0v) is 12.2. The molecule has 5 nitrogen and oxygen atoms in total. The minimum Gasteiger partial charge on any atom is -0.340 e. The van der Waals surface area contributed by atoms with E-state index in [4.69, 9.17) is 5.14 Å². The summed E-state index contributed by atoms with van der Waals surface area (Å²) in [4.78, 5) is 3.91. The second-order valence-electron chi connectivity index (χ2n) is 4.53. The molecule has 0 spiro atoms. The van der Waals surface area contributed by atoms with Crippen molar-refractivity contribution in [3.63, 3.8) is 0 Å². The summed E-state index contributed by atoms with van der Waals surface area (Å²) in [5, 5.41) is 7.81. The topological polar surface area (TPSA) is 85.1 Å². The Morgan fingerprint density at radius 2 is 1.68 bits per heavy atom. The number of aromatic nitrogens is 1. The smallest absolute Gasteiger partial charge is 0.340 e. The van der Waals surface area contributed by atoms with Crippen molar-refractivity contribution >= 4 is 21.5 Å². The average Bonchev–Trinajstić information content (AvgIpc) is 2.36. The summed E-state index contributed by atoms with van der Waals surface area (Å²) in [5.74, 6) is 0.296. The van der Waals surface area contributed by atoms with Crippen molar-refractivity contribution in [2.45, 2.75) is 18.0 Å². The first-order valence-corrected chi connectivity index (χ1v) is 7.57. The second-order valence-corrected chi connectivity index (χ2v) is 6.06. The highest BCUT2D eigenvalue weighted by atomic mass is 32.2. The fourth-order valence-corrected chi connectivity index (χ4v) is 2.52. The zero-order chi connectivity index (χ0) is 16.5. The van der Waals surface area contributed by atoms with E-state index in [1.807, 2.05) is 0 Å². The van der Waals surface area contributed by atoms with Crippen molar-refractivity contribution in [3.05, 3.63) is 47.7 Å². The number of hydrogen-bond acceptors (Lipinski definition) is 4. The molecule has 118 valence electrons. The maximum Gasteiger partial charge on any atom is 0.416 e. The Labute approximate surface area is 125 Å². The van der Waals surface area contributed by atoms with Gasteiger partial charge >= 0.3 is 6.18 Å². The van der Waals surface area contributed by atoms with Gasteiger partial charge in [-0.2, -0.15) is 13.2 Å². The van der Waals surface area contributed by atoms with Crippen LogP contribution in [-0.4, -0.2) is 13.4 Å². The third-order valence-electron chi connectivity index (χ3n) is 2.83. The summed E-state index contributed by atoms with van der Waals surface area (Å²) in [6.07, 6.45) is -4.40. The number of rotatable bonds is 3. The Morgan fingerprint density at radius 3 is 2.14 bits per heavy atom. The number of pyridine rings is 1. The fraction of sp³-hybridized carbons (Fsp3) is 0.154. The number of sulfonamides is 1. The Hall–Kier alpha value is -2.13. The lowest BCUT2D eigenvalue weighted by molar-refractivity contribution is -0.137. The first-order valence-electron chi connectivity index (χ1n) is 6.02. The number of nitrogens with one attached hydrogen (secondary N) is 1. The van der Waals surface area contributed by atoms with E-state index in [9.17, 15) is 21.6 Å². The van der Waals surface area contributed by atoms with Crippen LogP contribution in [0.1, 0.15) is 11.3 Å². The number of nitrogens with two attached hydrogens (primary N) is 1. The van der Waals surface area contributed by atoms with Crippen LogP contribution < -0.4 is 10.5 Å². The highest BCUT2D eigenvalue weighted by Gasteiger charge is 2.29. The molecular formula is C13H12F3N3O2S. The highest BCUT2D eigenvalue weighted by molar-refractivity contribution is 7.89. The van der Waals surface area contributed by atoms with Crippen LogP contribution in [0.3, 0.4) is 0 Å². The molecule has 0 radical (unpaired) electrons. The van der Waals surface area contributed by atoms with Gasteiger partial charge in [-0.15, -0.1) is 0 Å². The van der Waals surface area contributed by atoms with Gasteiger partial charge in [-0.1, -0.05) is 0 Å². The number of hydrogen-bond donors (Lipinski definition) is 2. The number of benzene rings is 1. The van der Waals surface area contributed by atoms with Gasteiger partial charge in [0, 0.05) is 5.69 Å². The first-order chi connectivity index (χ1) is 10.1. The molecule has 0 saturated heterocycles. The van der Waals surface area contributed by atoms with Crippen LogP contribution in [0.25, 0.3) is 0 Å². The largest absolute Gasteiger partial charge is 0.416 e. The van der Waals surface area contributed by atoms with E-state index in [0.717, 1.165) is 12.1 Å². The molecular weight excluding hydrogens is 319 g/mol. The Bertz CT molecular complexity index is 787. The molecule has 1 aromatic heterocycles. The number of alkyl halides is 3. The van der Waals surface area contributed by atoms with E-state index >= 15 is 0 Å². The van der Waals surface area contributed by atoms with Gasteiger partial charge in [-0.05, 0) is 43.3 Å². The Balaban J connectivity index is 2.23. The van der Waals surface area contributed by atoms with Gasteiger partial charge in [0.1, 0.15) is 10.7 Å². The van der Waals surface area contributed by atoms with Crippen LogP contribution in [0.4, 0.5) is 24.7 Å². The highest BCUT2D eigenvalue weighted by Crippen LogP contribution is 2.30. The van der Waals surface area contributed by atoms with E-state index in [2.05, 4.69) is 10.3 Å². The van der Waals surface area contributed by atoms with E-state index in [1.165, 1.54) is 31.2 Å². The van der Waals surface area contributed by atoms with Gasteiger partial charge in [0.25, 0.3) is 0 Å². The van der Waals surface area contributed by atoms with Gasteiger partial charge in [-0.3, -0.25) is 0 Å². The monoisotopic (exact) mass is 331 g/mol. The molecule has 0 aliphatic heterocycles. The van der Waals surface area contributed by atoms with E-state index in [0.29, 0.717) is 11.5 Å². The maximum atomic E-state index is 12.5. The molecule has 0 fully saturated rings. The lowest BCUT2D eigenvalue weighted by Crippen LogP contribution is -2.14. The fourth-order valence-electron chi connectivity index (χ4n) is 1.81. The quantitative estimate of drug-likeness (QED) is 0.906. The first kappa shape index (κ1) is 16.2. The molecule has 0 aliphatic carbocycles. The molecule has 0 bridgehead atoms. The van der Waals surface area contributed by atoms with Crippen molar-refractivity contribution in [1.82, 2.24) is 4.98 Å². The Morgan fingerprint density at radius 1 is 1.09 bits per heavy atom. The lowest BCUT2D eigenvalue weighted by Gasteiger charge is -2.10. The van der Waals surface area contributed by atoms with Gasteiger partial charge in [0.2, 0.25) is 10.0 Å². The number of aryl methyl sites for hydroxylation is 1. The van der Waals surface area contributed by atoms with Crippen molar-refractivity contribution in [2.75, 3.05) is 5.32 Å². The van der Waals surface area contributed by atoms with E-state index < -0.39 is 21.8 Å². The van der Waals surface area contributed by atoms with Crippen LogP contribution in [0.2, 0.25) is 0 Å². The number of nitrogens with zero attached hydrogens (tertiary/aromatic N) is 1. The second kappa shape index (κ2) is 5.58. The third kappa shape index (κ3) is 3.74. The molecule has 0 unspecified atom stereocenters. The molecule has 0 aliphatic rings. The summed E-state index contributed by atoms with van der Waals surface area (Å²) in [6, 6.07) is 7.05. The predicted molar refractivity (Wildman–Crippen MR) is 75.1 cm³/mol. The van der Waals surface area contributed by atoms with Crippen molar-refractivity contribution in [2.24, 2.45) is 5.14 Å². The summed E-state index contributed by atoms with van der Waals surface area (Å²) in [5.41, 5.74) is -0.172. The lowest BCUT2D eigenvalue weighted by atomic mass is 10.2. The number of anilines is 2. The van der Waals surface area contributed by atoms with Crippen LogP contribution in [0.15, 0.2) is 41.3 Å². The SMILES string of the molecule is Cc1nc(Nc2ccc(C(F)(F)F)cc2)ccc1S(N)(=O)=O. The van der Waals surface area contributed by atoms with Gasteiger partial charge in [-0.25, -0.2) is 18.5 Å². The molecule has 0 amide bonds. The van der Waals surface area contributed by atoms with Gasteiger partial charge < -0.3 is 5.32 Å². The van der Waals surface area contributed by atoms with Crippen LogP contribution in [0.5, 0.6) is 0 Å². The number of primary sulfonamides is 1. The number of halogens is 3. The Kier molecular flexibility index (Phi) is 4.12. The molecule has 9 heteroatoms. The van der Waals surface area contributed by atoms with Crippen molar-refractivity contribution in [3.8, 4) is 0 Å².